The third-order valence-corrected chi connectivity index (χ3v) is 10.6. The Bertz CT molecular complexity index is 2020. The van der Waals surface area contributed by atoms with Crippen LogP contribution in [0.25, 0.3) is 21.6 Å². The predicted molar refractivity (Wildman–Crippen MR) is 202 cm³/mol. The van der Waals surface area contributed by atoms with Gasteiger partial charge in [-0.3, -0.25) is 5.10 Å². The van der Waals surface area contributed by atoms with Gasteiger partial charge in [-0.25, -0.2) is 19.2 Å². The van der Waals surface area contributed by atoms with Gasteiger partial charge in [0.1, 0.15) is 34.0 Å². The van der Waals surface area contributed by atoms with Gasteiger partial charge >= 0.3 is 6.09 Å². The summed E-state index contributed by atoms with van der Waals surface area (Å²) >= 11 is 7.90. The van der Waals surface area contributed by atoms with E-state index < -0.39 is 11.4 Å². The molecule has 0 bridgehead atoms. The summed E-state index contributed by atoms with van der Waals surface area (Å²) in [6, 6.07) is 6.22. The van der Waals surface area contributed by atoms with Crippen LogP contribution in [0.3, 0.4) is 0 Å². The lowest BCUT2D eigenvalue weighted by Gasteiger charge is -2.31. The van der Waals surface area contributed by atoms with E-state index >= 15 is 0 Å². The molecule has 7 rings (SSSR count). The molecule has 53 heavy (non-hydrogen) atoms. The maximum atomic E-state index is 13.5. The van der Waals surface area contributed by atoms with Crippen LogP contribution in [0.1, 0.15) is 59.1 Å². The number of amides is 1. The van der Waals surface area contributed by atoms with Crippen LogP contribution in [0.15, 0.2) is 54.4 Å². The number of thiazole rings is 1. The molecule has 1 aliphatic heterocycles. The molecule has 1 amide bonds. The molecular weight excluding hydrogens is 721 g/mol. The number of aromatic amines is 1. The van der Waals surface area contributed by atoms with Crippen LogP contribution in [0.5, 0.6) is 0 Å². The summed E-state index contributed by atoms with van der Waals surface area (Å²) in [7, 11) is 0. The lowest BCUT2D eigenvalue weighted by atomic mass is 10.0. The summed E-state index contributed by atoms with van der Waals surface area (Å²) in [5.41, 5.74) is 9.16. The topological polar surface area (TPSA) is 150 Å². The molecule has 2 aliphatic rings. The highest BCUT2D eigenvalue weighted by atomic mass is 35.5. The number of nitrogens with two attached hydrogens (primary N) is 1. The molecule has 1 aliphatic carbocycles. The predicted octanol–water partition coefficient (Wildman–Crippen LogP) is 7.11. The van der Waals surface area contributed by atoms with Gasteiger partial charge in [-0.15, -0.1) is 11.3 Å². The maximum Gasteiger partial charge on any atom is 0.410 e. The van der Waals surface area contributed by atoms with E-state index in [1.165, 1.54) is 23.5 Å². The zero-order chi connectivity index (χ0) is 37.5. The fraction of sp³-hybridized carbons (Fsp3) is 0.486. The molecule has 1 saturated carbocycles. The van der Waals surface area contributed by atoms with Crippen molar-refractivity contribution >= 4 is 51.6 Å². The molecular formula is C37H45ClFN9O4S. The summed E-state index contributed by atoms with van der Waals surface area (Å²) in [6.45, 7) is 11.6. The Morgan fingerprint density at radius 1 is 1.17 bits per heavy atom. The highest BCUT2D eigenvalue weighted by Gasteiger charge is 2.55. The van der Waals surface area contributed by atoms with Crippen molar-refractivity contribution in [2.45, 2.75) is 83.5 Å². The molecule has 1 saturated heterocycles. The molecule has 1 unspecified atom stereocenters. The highest BCUT2D eigenvalue weighted by molar-refractivity contribution is 7.13. The van der Waals surface area contributed by atoms with E-state index in [1.54, 1.807) is 23.2 Å². The summed E-state index contributed by atoms with van der Waals surface area (Å²) in [5, 5.41) is 10.7. The van der Waals surface area contributed by atoms with Gasteiger partial charge in [0, 0.05) is 61.6 Å². The minimum Gasteiger partial charge on any atom is -0.444 e. The van der Waals surface area contributed by atoms with E-state index in [0.29, 0.717) is 55.9 Å². The van der Waals surface area contributed by atoms with Gasteiger partial charge in [-0.05, 0) is 83.2 Å². The number of nitrogens with zero attached hydrogens (tertiary/aromatic N) is 7. The van der Waals surface area contributed by atoms with Crippen molar-refractivity contribution in [3.63, 3.8) is 0 Å². The van der Waals surface area contributed by atoms with E-state index in [9.17, 15) is 9.18 Å². The number of hydrogen-bond donors (Lipinski definition) is 2. The zero-order valence-electron chi connectivity index (χ0n) is 30.5. The Morgan fingerprint density at radius 2 is 1.94 bits per heavy atom. The molecule has 2 fully saturated rings. The maximum absolute atomic E-state index is 13.5. The molecule has 1 aromatic carbocycles. The monoisotopic (exact) mass is 765 g/mol. The van der Waals surface area contributed by atoms with Crippen LogP contribution < -0.4 is 10.6 Å². The summed E-state index contributed by atoms with van der Waals surface area (Å²) in [6.07, 6.45) is 8.58. The van der Waals surface area contributed by atoms with Gasteiger partial charge in [0.25, 0.3) is 0 Å². The van der Waals surface area contributed by atoms with Crippen molar-refractivity contribution in [2.75, 3.05) is 36.8 Å². The molecule has 3 N–H and O–H groups in total. The van der Waals surface area contributed by atoms with Crippen LogP contribution in [0.4, 0.5) is 20.7 Å². The van der Waals surface area contributed by atoms with E-state index in [4.69, 9.17) is 31.5 Å². The largest absolute Gasteiger partial charge is 0.444 e. The minimum absolute atomic E-state index is 0.0533. The number of ether oxygens (including phenoxy) is 3. The second kappa shape index (κ2) is 14.8. The molecule has 13 nitrogen and oxygen atoms in total. The van der Waals surface area contributed by atoms with Crippen molar-refractivity contribution in [1.29, 1.82) is 0 Å². The number of nitrogen functional groups attached to an aromatic ring is 1. The number of nitrogens with one attached hydrogen (secondary N) is 1. The van der Waals surface area contributed by atoms with Crippen molar-refractivity contribution in [1.82, 2.24) is 34.6 Å². The number of carbonyl (C=O) groups excluding carboxylic acids is 1. The third-order valence-electron chi connectivity index (χ3n) is 9.64. The number of anilines is 2. The van der Waals surface area contributed by atoms with Crippen LogP contribution in [0.2, 0.25) is 5.28 Å². The summed E-state index contributed by atoms with van der Waals surface area (Å²) in [4.78, 5) is 30.8. The quantitative estimate of drug-likeness (QED) is 0.126. The molecule has 5 heterocycles. The molecule has 282 valence electrons. The van der Waals surface area contributed by atoms with Crippen LogP contribution >= 0.6 is 22.9 Å². The number of fused-ring (bicyclic) bond motifs is 2. The molecule has 4 atom stereocenters. The molecule has 4 aromatic heterocycles. The average Bonchev–Trinajstić information content (AvgIpc) is 3.92. The lowest BCUT2D eigenvalue weighted by Crippen LogP contribution is -2.40. The second-order valence-electron chi connectivity index (χ2n) is 15.1. The van der Waals surface area contributed by atoms with Crippen molar-refractivity contribution in [3.05, 3.63) is 71.1 Å². The Morgan fingerprint density at radius 3 is 2.64 bits per heavy atom. The van der Waals surface area contributed by atoms with Crippen LogP contribution in [-0.4, -0.2) is 90.5 Å². The normalized spacial score (nSPS) is 20.9. The highest BCUT2D eigenvalue weighted by Crippen LogP contribution is 2.49. The van der Waals surface area contributed by atoms with Gasteiger partial charge in [-0.2, -0.15) is 10.1 Å². The average molecular weight is 766 g/mol. The Balaban J connectivity index is 1.12. The Hall–Kier alpha value is -4.31. The van der Waals surface area contributed by atoms with Crippen molar-refractivity contribution < 1.29 is 23.4 Å². The summed E-state index contributed by atoms with van der Waals surface area (Å²) < 4.78 is 34.7. The molecule has 5 aromatic rings. The first kappa shape index (κ1) is 37.0. The first-order valence-corrected chi connectivity index (χ1v) is 19.1. The van der Waals surface area contributed by atoms with Crippen molar-refractivity contribution in [2.24, 2.45) is 5.92 Å². The van der Waals surface area contributed by atoms with Gasteiger partial charge in [-0.1, -0.05) is 12.1 Å². The first-order valence-electron chi connectivity index (χ1n) is 17.8. The number of H-pyrrole nitrogens is 1. The third kappa shape index (κ3) is 8.27. The molecule has 0 radical (unpaired) electrons. The summed E-state index contributed by atoms with van der Waals surface area (Å²) in [5.74, 6) is -0.737. The fourth-order valence-corrected chi connectivity index (χ4v) is 8.27. The standard InChI is InChI=1S/C37H45ClFN9O4S/c1-36(2,3)52-35(49)46(15-11-22-7-9-24(39)10-8-22)13-6-14-47(25-18-42-43-19-25)20-23-17-27(30-29(23)50-37(4,5)51-30)48-21-26(33-41-12-16-53-33)28-31(40)44-34(38)45-32(28)48/h7-10,12,16,18-19,21,23,27,29-30H,6,11,13-15,17,20H2,1-5H3,(H,42,43)(H2,40,44,45)/t23?,27-,29-,30+/m1/s1. The van der Waals surface area contributed by atoms with E-state index in [0.717, 1.165) is 28.2 Å². The number of rotatable bonds is 12. The molecule has 16 heteroatoms. The van der Waals surface area contributed by atoms with Crippen LogP contribution in [0, 0.1) is 11.7 Å². The Labute approximate surface area is 316 Å². The first-order chi connectivity index (χ1) is 25.2. The van der Waals surface area contributed by atoms with E-state index in [-0.39, 0.29) is 41.4 Å². The number of halogens is 2. The SMILES string of the molecule is CC(C)(C)OC(=O)N(CCCN(CC1C[C@@H](n2cc(-c3nccs3)c3c(N)nc(Cl)nc32)[C@@H]2OC(C)(C)O[C@H]12)c1cn[nH]c1)CCc1ccc(F)cc1. The van der Waals surface area contributed by atoms with Crippen LogP contribution in [-0.2, 0) is 20.6 Å². The lowest BCUT2D eigenvalue weighted by molar-refractivity contribution is -0.159. The van der Waals surface area contributed by atoms with Gasteiger partial charge < -0.3 is 34.3 Å². The van der Waals surface area contributed by atoms with E-state index in [2.05, 4.69) is 34.6 Å². The van der Waals surface area contributed by atoms with Gasteiger partial charge in [0.2, 0.25) is 5.28 Å². The number of aromatic nitrogens is 6. The van der Waals surface area contributed by atoms with Gasteiger partial charge in [0.05, 0.1) is 29.4 Å². The number of carbonyl (C=O) groups is 1. The van der Waals surface area contributed by atoms with Crippen molar-refractivity contribution in [3.8, 4) is 10.6 Å². The smallest absolute Gasteiger partial charge is 0.410 e. The zero-order valence-corrected chi connectivity index (χ0v) is 32.0. The molecule has 0 spiro atoms. The number of hydrogen-bond acceptors (Lipinski definition) is 11. The fourth-order valence-electron chi connectivity index (χ4n) is 7.44. The van der Waals surface area contributed by atoms with E-state index in [1.807, 2.05) is 58.6 Å². The number of benzene rings is 1. The van der Waals surface area contributed by atoms with Gasteiger partial charge in [0.15, 0.2) is 5.79 Å². The Kier molecular flexibility index (Phi) is 10.4. The minimum atomic E-state index is -0.794. The second-order valence-corrected chi connectivity index (χ2v) is 16.3.